The Morgan fingerprint density at radius 1 is 1.09 bits per heavy atom. The highest BCUT2D eigenvalue weighted by Gasteiger charge is 2.60. The van der Waals surface area contributed by atoms with Gasteiger partial charge in [-0.2, -0.15) is 0 Å². The van der Waals surface area contributed by atoms with Crippen LogP contribution in [0.25, 0.3) is 0 Å². The van der Waals surface area contributed by atoms with E-state index in [2.05, 4.69) is 20.4 Å². The van der Waals surface area contributed by atoms with Crippen molar-refractivity contribution in [3.05, 3.63) is 12.7 Å². The van der Waals surface area contributed by atoms with Gasteiger partial charge in [0.2, 0.25) is 0 Å². The summed E-state index contributed by atoms with van der Waals surface area (Å²) < 4.78 is 0. The first-order valence-corrected chi connectivity index (χ1v) is 9.72. The summed E-state index contributed by atoms with van der Waals surface area (Å²) in [6.07, 6.45) is 11.5. The second-order valence-electron chi connectivity index (χ2n) is 9.59. The molecule has 0 aliphatic heterocycles. The van der Waals surface area contributed by atoms with Gasteiger partial charge in [0.1, 0.15) is 5.78 Å². The normalized spacial score (nSPS) is 55.7. The average molecular weight is 316 g/mol. The topological polar surface area (TPSA) is 37.3 Å². The molecule has 0 unspecified atom stereocenters. The maximum Gasteiger partial charge on any atom is 0.139 e. The second kappa shape index (κ2) is 4.94. The van der Waals surface area contributed by atoms with Crippen molar-refractivity contribution in [2.75, 3.05) is 0 Å². The molecule has 128 valence electrons. The Hall–Kier alpha value is -0.630. The third-order valence-electron chi connectivity index (χ3n) is 8.85. The number of carbonyl (C=O) groups excluding carboxylic acids is 1. The molecule has 0 radical (unpaired) electrons. The van der Waals surface area contributed by atoms with E-state index in [1.807, 2.05) is 0 Å². The molecule has 0 amide bonds. The SMILES string of the molecule is C=C[C@]1(O)CC[C@@]2(C)[C@@H](CC[C@H]3[C@H]2CC[C@]2(C)C(=O)CC[C@H]32)C1. The maximum atomic E-state index is 12.4. The highest BCUT2D eigenvalue weighted by atomic mass is 16.3. The molecule has 4 fully saturated rings. The molecular weight excluding hydrogens is 284 g/mol. The van der Waals surface area contributed by atoms with E-state index in [1.165, 1.54) is 19.3 Å². The highest BCUT2D eigenvalue weighted by molar-refractivity contribution is 5.87. The summed E-state index contributed by atoms with van der Waals surface area (Å²) in [7, 11) is 0. The van der Waals surface area contributed by atoms with Gasteiger partial charge in [-0.15, -0.1) is 6.58 Å². The monoisotopic (exact) mass is 316 g/mol. The minimum absolute atomic E-state index is 0.0130. The van der Waals surface area contributed by atoms with Gasteiger partial charge < -0.3 is 5.11 Å². The quantitative estimate of drug-likeness (QED) is 0.722. The van der Waals surface area contributed by atoms with Crippen LogP contribution >= 0.6 is 0 Å². The molecule has 0 heterocycles. The minimum Gasteiger partial charge on any atom is -0.386 e. The van der Waals surface area contributed by atoms with E-state index in [1.54, 1.807) is 6.08 Å². The first-order chi connectivity index (χ1) is 10.8. The first-order valence-electron chi connectivity index (χ1n) is 9.72. The van der Waals surface area contributed by atoms with Crippen LogP contribution in [0.2, 0.25) is 0 Å². The van der Waals surface area contributed by atoms with Gasteiger partial charge in [0.15, 0.2) is 0 Å². The predicted molar refractivity (Wildman–Crippen MR) is 91.9 cm³/mol. The molecule has 1 N–H and O–H groups in total. The van der Waals surface area contributed by atoms with Crippen LogP contribution in [0.15, 0.2) is 12.7 Å². The van der Waals surface area contributed by atoms with Crippen molar-refractivity contribution in [3.8, 4) is 0 Å². The Bertz CT molecular complexity index is 540. The molecule has 7 atom stereocenters. The summed E-state index contributed by atoms with van der Waals surface area (Å²) in [5.41, 5.74) is -0.282. The predicted octanol–water partition coefficient (Wildman–Crippen LogP) is 4.52. The van der Waals surface area contributed by atoms with E-state index in [4.69, 9.17) is 0 Å². The lowest BCUT2D eigenvalue weighted by Gasteiger charge is -2.61. The van der Waals surface area contributed by atoms with Crippen molar-refractivity contribution >= 4 is 5.78 Å². The van der Waals surface area contributed by atoms with Gasteiger partial charge in [0.25, 0.3) is 0 Å². The lowest BCUT2D eigenvalue weighted by molar-refractivity contribution is -0.147. The van der Waals surface area contributed by atoms with Gasteiger partial charge in [0.05, 0.1) is 5.60 Å². The second-order valence-corrected chi connectivity index (χ2v) is 9.59. The molecule has 4 aliphatic rings. The van der Waals surface area contributed by atoms with Crippen LogP contribution in [-0.2, 0) is 4.79 Å². The van der Waals surface area contributed by atoms with E-state index in [0.29, 0.717) is 23.0 Å². The average Bonchev–Trinajstić information content (AvgIpc) is 2.84. The number of fused-ring (bicyclic) bond motifs is 5. The van der Waals surface area contributed by atoms with Crippen molar-refractivity contribution < 1.29 is 9.90 Å². The van der Waals surface area contributed by atoms with Crippen LogP contribution in [0, 0.1) is 34.5 Å². The maximum absolute atomic E-state index is 12.4. The van der Waals surface area contributed by atoms with Gasteiger partial charge in [0, 0.05) is 11.8 Å². The van der Waals surface area contributed by atoms with Gasteiger partial charge in [-0.25, -0.2) is 0 Å². The zero-order valence-corrected chi connectivity index (χ0v) is 14.8. The van der Waals surface area contributed by atoms with Gasteiger partial charge in [-0.05, 0) is 80.5 Å². The smallest absolute Gasteiger partial charge is 0.139 e. The van der Waals surface area contributed by atoms with Crippen molar-refractivity contribution in [1.29, 1.82) is 0 Å². The summed E-state index contributed by atoms with van der Waals surface area (Å²) in [4.78, 5) is 12.4. The van der Waals surface area contributed by atoms with Crippen LogP contribution in [0.3, 0.4) is 0 Å². The van der Waals surface area contributed by atoms with E-state index in [-0.39, 0.29) is 5.41 Å². The fraction of sp³-hybridized carbons (Fsp3) is 0.857. The van der Waals surface area contributed by atoms with Crippen molar-refractivity contribution in [1.82, 2.24) is 0 Å². The molecular formula is C21H32O2. The third-order valence-corrected chi connectivity index (χ3v) is 8.85. The van der Waals surface area contributed by atoms with E-state index in [9.17, 15) is 9.90 Å². The van der Waals surface area contributed by atoms with Crippen molar-refractivity contribution in [2.45, 2.75) is 77.2 Å². The molecule has 4 saturated carbocycles. The Morgan fingerprint density at radius 3 is 2.61 bits per heavy atom. The van der Waals surface area contributed by atoms with Gasteiger partial charge >= 0.3 is 0 Å². The minimum atomic E-state index is -0.635. The number of hydrogen-bond donors (Lipinski definition) is 1. The molecule has 0 aromatic heterocycles. The summed E-state index contributed by atoms with van der Waals surface area (Å²) in [6.45, 7) is 8.63. The van der Waals surface area contributed by atoms with E-state index < -0.39 is 5.60 Å². The fourth-order valence-electron chi connectivity index (χ4n) is 7.23. The van der Waals surface area contributed by atoms with Gasteiger partial charge in [-0.3, -0.25) is 4.79 Å². The van der Waals surface area contributed by atoms with Crippen LogP contribution in [0.5, 0.6) is 0 Å². The Balaban J connectivity index is 1.62. The third kappa shape index (κ3) is 2.06. The van der Waals surface area contributed by atoms with Crippen LogP contribution in [0.4, 0.5) is 0 Å². The number of rotatable bonds is 1. The molecule has 0 bridgehead atoms. The molecule has 0 saturated heterocycles. The van der Waals surface area contributed by atoms with Crippen molar-refractivity contribution in [3.63, 3.8) is 0 Å². The van der Waals surface area contributed by atoms with Crippen molar-refractivity contribution in [2.24, 2.45) is 34.5 Å². The van der Waals surface area contributed by atoms with Crippen LogP contribution in [-0.4, -0.2) is 16.5 Å². The molecule has 2 nitrogen and oxygen atoms in total. The summed E-state index contributed by atoms with van der Waals surface area (Å²) >= 11 is 0. The molecule has 2 heteroatoms. The van der Waals surface area contributed by atoms with E-state index >= 15 is 0 Å². The number of ketones is 1. The lowest BCUT2D eigenvalue weighted by atomic mass is 9.44. The number of hydrogen-bond acceptors (Lipinski definition) is 2. The molecule has 0 aromatic rings. The van der Waals surface area contributed by atoms with Crippen LogP contribution in [0.1, 0.15) is 71.6 Å². The number of aliphatic hydroxyl groups is 1. The van der Waals surface area contributed by atoms with Crippen LogP contribution < -0.4 is 0 Å². The fourth-order valence-corrected chi connectivity index (χ4v) is 7.23. The Morgan fingerprint density at radius 2 is 1.87 bits per heavy atom. The Kier molecular flexibility index (Phi) is 3.41. The summed E-state index contributed by atoms with van der Waals surface area (Å²) in [5.74, 6) is 3.31. The largest absolute Gasteiger partial charge is 0.386 e. The zero-order chi connectivity index (χ0) is 16.5. The first kappa shape index (κ1) is 15.9. The number of Topliss-reactive ketones (excluding diaryl/α,β-unsaturated/α-hetero) is 1. The molecule has 0 aromatic carbocycles. The standard InChI is InChI=1S/C21H32O2/c1-4-21(23)12-11-19(2)14(13-21)5-6-15-16-7-8-18(22)20(16,3)10-9-17(15)19/h4,14-17,23H,1,5-13H2,2-3H3/t14-,15+,16+,17+,19-,20-,21-/m0/s1. The molecule has 0 spiro atoms. The van der Waals surface area contributed by atoms with Gasteiger partial charge in [-0.1, -0.05) is 19.9 Å². The zero-order valence-electron chi connectivity index (χ0n) is 14.8. The Labute approximate surface area is 140 Å². The molecule has 4 rings (SSSR count). The summed E-state index contributed by atoms with van der Waals surface area (Å²) in [5, 5.41) is 10.7. The number of carbonyl (C=O) groups is 1. The molecule has 4 aliphatic carbocycles. The molecule has 23 heavy (non-hydrogen) atoms. The summed E-state index contributed by atoms with van der Waals surface area (Å²) in [6, 6.07) is 0. The lowest BCUT2D eigenvalue weighted by Crippen LogP contribution is -2.55. The highest BCUT2D eigenvalue weighted by Crippen LogP contribution is 2.66. The van der Waals surface area contributed by atoms with E-state index in [0.717, 1.165) is 50.4 Å².